The third-order valence-electron chi connectivity index (χ3n) is 2.56. The fourth-order valence-corrected chi connectivity index (χ4v) is 1.77. The number of benzene rings is 1. The lowest BCUT2D eigenvalue weighted by Gasteiger charge is -2.05. The molecule has 98 valence electrons. The lowest BCUT2D eigenvalue weighted by atomic mass is 10.1. The van der Waals surface area contributed by atoms with Crippen molar-refractivity contribution in [1.82, 2.24) is 0 Å². The minimum atomic E-state index is -0.263. The van der Waals surface area contributed by atoms with Gasteiger partial charge < -0.3 is 5.32 Å². The molecule has 4 heteroatoms. The second kappa shape index (κ2) is 8.03. The molecule has 0 atom stereocenters. The van der Waals surface area contributed by atoms with Crippen LogP contribution in [-0.4, -0.2) is 17.0 Å². The van der Waals surface area contributed by atoms with E-state index in [0.717, 1.165) is 12.1 Å². The number of carbonyl (C=O) groups is 2. The highest BCUT2D eigenvalue weighted by molar-refractivity contribution is 9.09. The molecule has 0 aliphatic rings. The van der Waals surface area contributed by atoms with Gasteiger partial charge in [-0.2, -0.15) is 0 Å². The maximum atomic E-state index is 11.5. The third kappa shape index (κ3) is 5.45. The summed E-state index contributed by atoms with van der Waals surface area (Å²) in [7, 11) is 0. The van der Waals surface area contributed by atoms with Gasteiger partial charge in [-0.3, -0.25) is 9.59 Å². The van der Waals surface area contributed by atoms with Crippen LogP contribution in [0.25, 0.3) is 0 Å². The number of anilines is 1. The molecule has 1 aromatic rings. The van der Waals surface area contributed by atoms with Crippen molar-refractivity contribution in [3.8, 4) is 0 Å². The van der Waals surface area contributed by atoms with E-state index >= 15 is 0 Å². The van der Waals surface area contributed by atoms with Crippen LogP contribution < -0.4 is 5.32 Å². The summed E-state index contributed by atoms with van der Waals surface area (Å²) in [6.45, 7) is 2.16. The molecule has 0 bridgehead atoms. The summed E-state index contributed by atoms with van der Waals surface area (Å²) in [6.07, 6.45) is 3.33. The first kappa shape index (κ1) is 14.9. The SMILES string of the molecule is CCCCc1ccc(NC(=O)CC(=O)CBr)cc1. The van der Waals surface area contributed by atoms with Gasteiger partial charge >= 0.3 is 0 Å². The number of hydrogen-bond acceptors (Lipinski definition) is 2. The molecule has 0 saturated carbocycles. The molecule has 3 nitrogen and oxygen atoms in total. The van der Waals surface area contributed by atoms with E-state index in [1.807, 2.05) is 24.3 Å². The number of unbranched alkanes of at least 4 members (excludes halogenated alkanes) is 1. The van der Waals surface area contributed by atoms with Crippen LogP contribution in [0.5, 0.6) is 0 Å². The van der Waals surface area contributed by atoms with Crippen LogP contribution in [0.4, 0.5) is 5.69 Å². The molecule has 1 aromatic carbocycles. The van der Waals surface area contributed by atoms with Crippen LogP contribution in [0.15, 0.2) is 24.3 Å². The van der Waals surface area contributed by atoms with Crippen LogP contribution >= 0.6 is 15.9 Å². The first-order chi connectivity index (χ1) is 8.65. The first-order valence-corrected chi connectivity index (χ1v) is 7.24. The minimum absolute atomic E-state index is 0.0805. The van der Waals surface area contributed by atoms with E-state index in [9.17, 15) is 9.59 Å². The van der Waals surface area contributed by atoms with Gasteiger partial charge in [0.15, 0.2) is 5.78 Å². The monoisotopic (exact) mass is 311 g/mol. The van der Waals surface area contributed by atoms with Crippen molar-refractivity contribution in [2.45, 2.75) is 32.6 Å². The van der Waals surface area contributed by atoms with Gasteiger partial charge in [0.2, 0.25) is 5.91 Å². The van der Waals surface area contributed by atoms with Crippen molar-refractivity contribution in [3.63, 3.8) is 0 Å². The van der Waals surface area contributed by atoms with E-state index < -0.39 is 0 Å². The predicted octanol–water partition coefficient (Wildman–Crippen LogP) is 3.32. The quantitative estimate of drug-likeness (QED) is 0.620. The van der Waals surface area contributed by atoms with Gasteiger partial charge in [-0.25, -0.2) is 0 Å². The third-order valence-corrected chi connectivity index (χ3v) is 3.19. The van der Waals surface area contributed by atoms with Crippen molar-refractivity contribution in [1.29, 1.82) is 0 Å². The minimum Gasteiger partial charge on any atom is -0.326 e. The lowest BCUT2D eigenvalue weighted by molar-refractivity contribution is -0.123. The van der Waals surface area contributed by atoms with Gasteiger partial charge in [0.1, 0.15) is 0 Å². The Morgan fingerprint density at radius 3 is 2.44 bits per heavy atom. The first-order valence-electron chi connectivity index (χ1n) is 6.12. The number of halogens is 1. The van der Waals surface area contributed by atoms with Crippen LogP contribution in [0.3, 0.4) is 0 Å². The zero-order chi connectivity index (χ0) is 13.4. The number of Topliss-reactive ketones (excluding diaryl/α,β-unsaturated/α-hetero) is 1. The Labute approximate surface area is 116 Å². The maximum Gasteiger partial charge on any atom is 0.231 e. The van der Waals surface area contributed by atoms with Crippen molar-refractivity contribution >= 4 is 33.3 Å². The standard InChI is InChI=1S/C14H18BrNO2/c1-2-3-4-11-5-7-12(8-6-11)16-14(18)9-13(17)10-15/h5-8H,2-4,9-10H2,1H3,(H,16,18). The number of rotatable bonds is 7. The number of carbonyl (C=O) groups excluding carboxylic acids is 2. The maximum absolute atomic E-state index is 11.5. The molecule has 0 fully saturated rings. The van der Waals surface area contributed by atoms with Gasteiger partial charge in [-0.05, 0) is 30.5 Å². The lowest BCUT2D eigenvalue weighted by Crippen LogP contribution is -2.16. The number of alkyl halides is 1. The smallest absolute Gasteiger partial charge is 0.231 e. The fourth-order valence-electron chi connectivity index (χ4n) is 1.57. The van der Waals surface area contributed by atoms with Gasteiger partial charge in [0, 0.05) is 5.69 Å². The second-order valence-electron chi connectivity index (χ2n) is 4.20. The molecule has 0 unspecified atom stereocenters. The van der Waals surface area contributed by atoms with Gasteiger partial charge in [0.05, 0.1) is 11.8 Å². The number of aryl methyl sites for hydroxylation is 1. The summed E-state index contributed by atoms with van der Waals surface area (Å²) in [6, 6.07) is 7.78. The highest BCUT2D eigenvalue weighted by Gasteiger charge is 2.08. The van der Waals surface area contributed by atoms with Crippen LogP contribution in [-0.2, 0) is 16.0 Å². The van der Waals surface area contributed by atoms with Gasteiger partial charge in [-0.1, -0.05) is 41.4 Å². The van der Waals surface area contributed by atoms with E-state index in [4.69, 9.17) is 0 Å². The highest BCUT2D eigenvalue weighted by atomic mass is 79.9. The molecule has 0 saturated heterocycles. The Balaban J connectivity index is 2.47. The Morgan fingerprint density at radius 2 is 1.89 bits per heavy atom. The number of ketones is 1. The molecule has 18 heavy (non-hydrogen) atoms. The summed E-state index contributed by atoms with van der Waals surface area (Å²) in [5.41, 5.74) is 2.01. The van der Waals surface area contributed by atoms with E-state index in [2.05, 4.69) is 28.2 Å². The number of hydrogen-bond donors (Lipinski definition) is 1. The summed E-state index contributed by atoms with van der Waals surface area (Å²) in [5.74, 6) is -0.382. The highest BCUT2D eigenvalue weighted by Crippen LogP contribution is 2.12. The molecule has 0 aromatic heterocycles. The van der Waals surface area contributed by atoms with Gasteiger partial charge in [0.25, 0.3) is 0 Å². The Hall–Kier alpha value is -1.16. The molecule has 0 heterocycles. The van der Waals surface area contributed by atoms with Crippen molar-refractivity contribution in [2.24, 2.45) is 0 Å². The molecule has 1 N–H and O–H groups in total. The molecular formula is C14H18BrNO2. The van der Waals surface area contributed by atoms with Crippen LogP contribution in [0.1, 0.15) is 31.7 Å². The Morgan fingerprint density at radius 1 is 1.22 bits per heavy atom. The summed E-state index contributed by atoms with van der Waals surface area (Å²) >= 11 is 3.03. The molecule has 0 aliphatic carbocycles. The number of amides is 1. The van der Waals surface area contributed by atoms with Crippen molar-refractivity contribution in [2.75, 3.05) is 10.6 Å². The Bertz CT molecular complexity index is 401. The molecule has 0 aliphatic heterocycles. The van der Waals surface area contributed by atoms with Crippen LogP contribution in [0.2, 0.25) is 0 Å². The Kier molecular flexibility index (Phi) is 6.65. The summed E-state index contributed by atoms with van der Waals surface area (Å²) in [5, 5.41) is 2.93. The predicted molar refractivity (Wildman–Crippen MR) is 77.1 cm³/mol. The average molecular weight is 312 g/mol. The molecular weight excluding hydrogens is 294 g/mol. The summed E-state index contributed by atoms with van der Waals surface area (Å²) in [4.78, 5) is 22.6. The second-order valence-corrected chi connectivity index (χ2v) is 4.76. The molecule has 1 rings (SSSR count). The summed E-state index contributed by atoms with van der Waals surface area (Å²) < 4.78 is 0. The topological polar surface area (TPSA) is 46.2 Å². The van der Waals surface area contributed by atoms with E-state index in [1.54, 1.807) is 0 Å². The molecule has 0 spiro atoms. The molecule has 1 amide bonds. The zero-order valence-electron chi connectivity index (χ0n) is 10.5. The fraction of sp³-hybridized carbons (Fsp3) is 0.429. The zero-order valence-corrected chi connectivity index (χ0v) is 12.1. The van der Waals surface area contributed by atoms with Crippen LogP contribution in [0, 0.1) is 0 Å². The van der Waals surface area contributed by atoms with Crippen molar-refractivity contribution < 1.29 is 9.59 Å². The molecule has 0 radical (unpaired) electrons. The average Bonchev–Trinajstić information content (AvgIpc) is 2.37. The van der Waals surface area contributed by atoms with Crippen molar-refractivity contribution in [3.05, 3.63) is 29.8 Å². The van der Waals surface area contributed by atoms with E-state index in [0.29, 0.717) is 0 Å². The van der Waals surface area contributed by atoms with E-state index in [-0.39, 0.29) is 23.4 Å². The van der Waals surface area contributed by atoms with Gasteiger partial charge in [-0.15, -0.1) is 0 Å². The van der Waals surface area contributed by atoms with E-state index in [1.165, 1.54) is 18.4 Å². The largest absolute Gasteiger partial charge is 0.326 e. The normalized spacial score (nSPS) is 10.1. The number of nitrogens with one attached hydrogen (secondary N) is 1.